The number of hydrogen-bond acceptors (Lipinski definition) is 1. The molecule has 59 heavy (non-hydrogen) atoms. The molecule has 0 N–H and O–H groups in total. The molecule has 2 heteroatoms. The van der Waals surface area contributed by atoms with Crippen LogP contribution in [0.3, 0.4) is 0 Å². The molecule has 0 aliphatic heterocycles. The fourth-order valence-electron chi connectivity index (χ4n) is 9.57. The highest BCUT2D eigenvalue weighted by atomic mass is 15.1. The Labute approximate surface area is 345 Å². The second-order valence-corrected chi connectivity index (χ2v) is 16.1. The van der Waals surface area contributed by atoms with Crippen molar-refractivity contribution in [3.8, 4) is 50.3 Å². The maximum absolute atomic E-state index is 2.42. The van der Waals surface area contributed by atoms with Crippen molar-refractivity contribution in [2.75, 3.05) is 4.90 Å². The summed E-state index contributed by atoms with van der Waals surface area (Å²) in [4.78, 5) is 2.42. The van der Waals surface area contributed by atoms with Crippen LogP contribution in [0.5, 0.6) is 0 Å². The number of hydrogen-bond donors (Lipinski definition) is 0. The lowest BCUT2D eigenvalue weighted by atomic mass is 9.82. The molecule has 0 saturated heterocycles. The van der Waals surface area contributed by atoms with Crippen LogP contribution in [-0.4, -0.2) is 4.57 Å². The summed E-state index contributed by atoms with van der Waals surface area (Å²) in [5.74, 6) is 0. The Morgan fingerprint density at radius 2 is 0.949 bits per heavy atom. The summed E-state index contributed by atoms with van der Waals surface area (Å²) in [7, 11) is 0. The van der Waals surface area contributed by atoms with Crippen LogP contribution < -0.4 is 4.90 Å². The van der Waals surface area contributed by atoms with Gasteiger partial charge in [-0.2, -0.15) is 0 Å². The molecule has 0 amide bonds. The first kappa shape index (κ1) is 34.8. The lowest BCUT2D eigenvalue weighted by Crippen LogP contribution is -2.16. The second-order valence-electron chi connectivity index (χ2n) is 16.1. The van der Waals surface area contributed by atoms with Crippen molar-refractivity contribution in [3.05, 3.63) is 230 Å². The number of para-hydroxylation sites is 2. The van der Waals surface area contributed by atoms with Crippen LogP contribution in [0.4, 0.5) is 17.1 Å². The van der Waals surface area contributed by atoms with Crippen molar-refractivity contribution in [2.24, 2.45) is 0 Å². The van der Waals surface area contributed by atoms with Crippen molar-refractivity contribution < 1.29 is 0 Å². The summed E-state index contributed by atoms with van der Waals surface area (Å²) < 4.78 is 2.42. The van der Waals surface area contributed by atoms with Gasteiger partial charge >= 0.3 is 0 Å². The van der Waals surface area contributed by atoms with Gasteiger partial charge in [0.15, 0.2) is 0 Å². The molecule has 0 atom stereocenters. The fraction of sp³-hybridized carbons (Fsp3) is 0.0526. The molecule has 1 heterocycles. The van der Waals surface area contributed by atoms with E-state index in [0.717, 1.165) is 22.7 Å². The monoisotopic (exact) mass is 754 g/mol. The highest BCUT2D eigenvalue weighted by Crippen LogP contribution is 2.51. The van der Waals surface area contributed by atoms with Gasteiger partial charge in [-0.25, -0.2) is 0 Å². The molecule has 0 radical (unpaired) electrons. The first-order chi connectivity index (χ1) is 29.0. The number of anilines is 3. The van der Waals surface area contributed by atoms with E-state index in [1.165, 1.54) is 77.4 Å². The summed E-state index contributed by atoms with van der Waals surface area (Å²) in [6.07, 6.45) is 0. The predicted molar refractivity (Wildman–Crippen MR) is 249 cm³/mol. The molecule has 0 saturated carbocycles. The van der Waals surface area contributed by atoms with Crippen LogP contribution in [0.1, 0.15) is 25.0 Å². The van der Waals surface area contributed by atoms with Crippen molar-refractivity contribution in [1.82, 2.24) is 4.57 Å². The molecule has 280 valence electrons. The number of fused-ring (bicyclic) bond motifs is 5. The molecule has 10 aromatic rings. The molecule has 1 aromatic heterocycles. The number of rotatable bonds is 7. The standard InChI is InChI=1S/C57H42N2/c1-57(2)52-26-13-11-23-49(52)50-37-36-46(38-53(50)57)58(44-32-28-40(29-33-44)48-25-15-19-39-16-9-10-22-47(39)48)45-34-30-41(31-35-45)55-51-24-12-14-27-54(51)59(43-20-7-4-8-21-43)56(55)42-17-5-3-6-18-42/h3-38H,1-2H3. The van der Waals surface area contributed by atoms with Crippen LogP contribution in [0.15, 0.2) is 218 Å². The van der Waals surface area contributed by atoms with Gasteiger partial charge in [-0.15, -0.1) is 0 Å². The van der Waals surface area contributed by atoms with Crippen LogP contribution >= 0.6 is 0 Å². The topological polar surface area (TPSA) is 8.17 Å². The average molecular weight is 755 g/mol. The highest BCUT2D eigenvalue weighted by molar-refractivity contribution is 6.06. The van der Waals surface area contributed by atoms with Crippen molar-refractivity contribution in [2.45, 2.75) is 19.3 Å². The maximum Gasteiger partial charge on any atom is 0.0619 e. The molecular formula is C57H42N2. The van der Waals surface area contributed by atoms with Crippen LogP contribution in [0, 0.1) is 0 Å². The molecule has 1 aliphatic carbocycles. The van der Waals surface area contributed by atoms with E-state index in [4.69, 9.17) is 0 Å². The Kier molecular flexibility index (Phi) is 8.20. The Morgan fingerprint density at radius 1 is 0.390 bits per heavy atom. The van der Waals surface area contributed by atoms with Gasteiger partial charge < -0.3 is 9.47 Å². The molecule has 0 spiro atoms. The van der Waals surface area contributed by atoms with Gasteiger partial charge in [-0.05, 0) is 110 Å². The summed E-state index contributed by atoms with van der Waals surface area (Å²) in [5.41, 5.74) is 18.2. The van der Waals surface area contributed by atoms with Crippen molar-refractivity contribution in [3.63, 3.8) is 0 Å². The van der Waals surface area contributed by atoms with Crippen LogP contribution in [-0.2, 0) is 5.41 Å². The minimum Gasteiger partial charge on any atom is -0.310 e. The molecule has 0 bridgehead atoms. The van der Waals surface area contributed by atoms with Crippen molar-refractivity contribution in [1.29, 1.82) is 0 Å². The van der Waals surface area contributed by atoms with E-state index in [0.29, 0.717) is 0 Å². The van der Waals surface area contributed by atoms with E-state index in [1.807, 2.05) is 0 Å². The van der Waals surface area contributed by atoms with Crippen LogP contribution in [0.2, 0.25) is 0 Å². The molecule has 11 rings (SSSR count). The molecule has 1 aliphatic rings. The third-order valence-electron chi connectivity index (χ3n) is 12.4. The zero-order valence-corrected chi connectivity index (χ0v) is 33.2. The Bertz CT molecular complexity index is 3150. The summed E-state index contributed by atoms with van der Waals surface area (Å²) >= 11 is 0. The van der Waals surface area contributed by atoms with Gasteiger partial charge in [0.05, 0.1) is 11.2 Å². The first-order valence-electron chi connectivity index (χ1n) is 20.5. The minimum absolute atomic E-state index is 0.115. The summed E-state index contributed by atoms with van der Waals surface area (Å²) in [6, 6.07) is 79.8. The van der Waals surface area contributed by atoms with E-state index < -0.39 is 0 Å². The van der Waals surface area contributed by atoms with Gasteiger partial charge in [0.25, 0.3) is 0 Å². The van der Waals surface area contributed by atoms with Gasteiger partial charge in [0.1, 0.15) is 0 Å². The third kappa shape index (κ3) is 5.71. The van der Waals surface area contributed by atoms with E-state index in [9.17, 15) is 0 Å². The lowest BCUT2D eigenvalue weighted by Gasteiger charge is -2.28. The average Bonchev–Trinajstić information content (AvgIpc) is 3.76. The Balaban J connectivity index is 1.07. The molecule has 0 unspecified atom stereocenters. The normalized spacial score (nSPS) is 12.7. The minimum atomic E-state index is -0.115. The summed E-state index contributed by atoms with van der Waals surface area (Å²) in [5, 5.41) is 3.74. The fourth-order valence-corrected chi connectivity index (χ4v) is 9.57. The van der Waals surface area contributed by atoms with Gasteiger partial charge in [-0.1, -0.05) is 178 Å². The number of aromatic nitrogens is 1. The van der Waals surface area contributed by atoms with Crippen LogP contribution in [0.25, 0.3) is 72.0 Å². The molecular weight excluding hydrogens is 713 g/mol. The smallest absolute Gasteiger partial charge is 0.0619 e. The SMILES string of the molecule is CC1(C)c2ccccc2-c2ccc(N(c3ccc(-c4cccc5ccccc45)cc3)c3ccc(-c4c(-c5ccccc5)n(-c5ccccc5)c5ccccc45)cc3)cc21. The third-order valence-corrected chi connectivity index (χ3v) is 12.4. The van der Waals surface area contributed by atoms with Gasteiger partial charge in [-0.3, -0.25) is 0 Å². The zero-order chi connectivity index (χ0) is 39.5. The van der Waals surface area contributed by atoms with E-state index >= 15 is 0 Å². The highest BCUT2D eigenvalue weighted by Gasteiger charge is 2.35. The summed E-state index contributed by atoms with van der Waals surface area (Å²) in [6.45, 7) is 4.71. The largest absolute Gasteiger partial charge is 0.310 e. The second kappa shape index (κ2) is 13.9. The number of nitrogens with zero attached hydrogens (tertiary/aromatic N) is 2. The van der Waals surface area contributed by atoms with E-state index in [-0.39, 0.29) is 5.41 Å². The quantitative estimate of drug-likeness (QED) is 0.157. The predicted octanol–water partition coefficient (Wildman–Crippen LogP) is 15.6. The molecule has 2 nitrogen and oxygen atoms in total. The zero-order valence-electron chi connectivity index (χ0n) is 33.2. The molecule has 9 aromatic carbocycles. The van der Waals surface area contributed by atoms with Gasteiger partial charge in [0.2, 0.25) is 0 Å². The lowest BCUT2D eigenvalue weighted by molar-refractivity contribution is 0.660. The van der Waals surface area contributed by atoms with E-state index in [2.05, 4.69) is 242 Å². The first-order valence-corrected chi connectivity index (χ1v) is 20.5. The van der Waals surface area contributed by atoms with E-state index in [1.54, 1.807) is 0 Å². The Hall–Kier alpha value is -7.42. The van der Waals surface area contributed by atoms with Crippen molar-refractivity contribution >= 4 is 38.7 Å². The molecule has 0 fully saturated rings. The maximum atomic E-state index is 2.42. The van der Waals surface area contributed by atoms with Gasteiger partial charge in [0, 0.05) is 39.1 Å². The number of benzene rings is 9. The Morgan fingerprint density at radius 3 is 1.71 bits per heavy atom.